The number of nitrogens with one attached hydrogen (secondary N) is 1. The summed E-state index contributed by atoms with van der Waals surface area (Å²) in [6, 6.07) is 19.0. The molecule has 0 saturated heterocycles. The lowest BCUT2D eigenvalue weighted by Gasteiger charge is -2.26. The Labute approximate surface area is 191 Å². The number of sulfonamides is 1. The first-order chi connectivity index (χ1) is 14.8. The fourth-order valence-corrected chi connectivity index (χ4v) is 4.62. The molecule has 0 bridgehead atoms. The van der Waals surface area contributed by atoms with E-state index in [0.29, 0.717) is 28.1 Å². The zero-order valence-corrected chi connectivity index (χ0v) is 18.9. The molecule has 0 saturated carbocycles. The van der Waals surface area contributed by atoms with Gasteiger partial charge in [-0.1, -0.05) is 41.4 Å². The minimum atomic E-state index is -4.10. The van der Waals surface area contributed by atoms with Crippen LogP contribution in [0, 0.1) is 0 Å². The van der Waals surface area contributed by atoms with Gasteiger partial charge in [-0.3, -0.25) is 9.10 Å². The molecular formula is C22H20Cl2N2O4S. The summed E-state index contributed by atoms with van der Waals surface area (Å²) in [4.78, 5) is 12.8. The maximum absolute atomic E-state index is 13.5. The summed E-state index contributed by atoms with van der Waals surface area (Å²) in [6.45, 7) is 1.66. The second-order valence-electron chi connectivity index (χ2n) is 6.42. The predicted molar refractivity (Wildman–Crippen MR) is 124 cm³/mol. The molecule has 1 amide bonds. The van der Waals surface area contributed by atoms with E-state index >= 15 is 0 Å². The van der Waals surface area contributed by atoms with Crippen molar-refractivity contribution in [2.24, 2.45) is 0 Å². The Balaban J connectivity index is 2.00. The molecule has 3 rings (SSSR count). The van der Waals surface area contributed by atoms with E-state index in [1.54, 1.807) is 55.5 Å². The number of carbonyl (C=O) groups excluding carboxylic acids is 1. The van der Waals surface area contributed by atoms with Gasteiger partial charge in [0.25, 0.3) is 10.0 Å². The maximum atomic E-state index is 13.5. The summed E-state index contributed by atoms with van der Waals surface area (Å²) in [6.07, 6.45) is 0. The minimum absolute atomic E-state index is 0.00115. The zero-order chi connectivity index (χ0) is 22.4. The van der Waals surface area contributed by atoms with Crippen molar-refractivity contribution in [1.82, 2.24) is 0 Å². The molecular weight excluding hydrogens is 459 g/mol. The molecule has 0 aliphatic heterocycles. The van der Waals surface area contributed by atoms with Crippen molar-refractivity contribution in [2.45, 2.75) is 11.8 Å². The van der Waals surface area contributed by atoms with Gasteiger partial charge in [0.15, 0.2) is 0 Å². The van der Waals surface area contributed by atoms with Crippen molar-refractivity contribution in [1.29, 1.82) is 0 Å². The van der Waals surface area contributed by atoms with Gasteiger partial charge in [-0.2, -0.15) is 0 Å². The smallest absolute Gasteiger partial charge is 0.264 e. The Hall–Kier alpha value is -2.74. The first-order valence-corrected chi connectivity index (χ1v) is 11.6. The van der Waals surface area contributed by atoms with Crippen LogP contribution in [0.1, 0.15) is 6.92 Å². The Morgan fingerprint density at radius 3 is 2.35 bits per heavy atom. The lowest BCUT2D eigenvalue weighted by atomic mass is 10.3. The highest BCUT2D eigenvalue weighted by atomic mass is 35.5. The highest BCUT2D eigenvalue weighted by molar-refractivity contribution is 7.92. The topological polar surface area (TPSA) is 75.7 Å². The lowest BCUT2D eigenvalue weighted by molar-refractivity contribution is -0.114. The van der Waals surface area contributed by atoms with Gasteiger partial charge in [0.05, 0.1) is 17.2 Å². The zero-order valence-electron chi connectivity index (χ0n) is 16.6. The summed E-state index contributed by atoms with van der Waals surface area (Å²) in [5.41, 5.74) is 0.708. The third-order valence-electron chi connectivity index (χ3n) is 4.23. The van der Waals surface area contributed by atoms with Gasteiger partial charge >= 0.3 is 0 Å². The first-order valence-electron chi connectivity index (χ1n) is 9.37. The summed E-state index contributed by atoms with van der Waals surface area (Å²) in [5, 5.41) is 3.53. The van der Waals surface area contributed by atoms with Crippen LogP contribution in [0.5, 0.6) is 5.75 Å². The van der Waals surface area contributed by atoms with Gasteiger partial charge in [0.2, 0.25) is 5.91 Å². The second-order valence-corrected chi connectivity index (χ2v) is 9.16. The van der Waals surface area contributed by atoms with Gasteiger partial charge in [0, 0.05) is 15.7 Å². The van der Waals surface area contributed by atoms with Gasteiger partial charge in [0.1, 0.15) is 12.3 Å². The van der Waals surface area contributed by atoms with E-state index in [2.05, 4.69) is 5.32 Å². The molecule has 9 heteroatoms. The van der Waals surface area contributed by atoms with E-state index in [9.17, 15) is 13.2 Å². The maximum Gasteiger partial charge on any atom is 0.264 e. The van der Waals surface area contributed by atoms with Crippen molar-refractivity contribution in [3.05, 3.63) is 82.8 Å². The van der Waals surface area contributed by atoms with E-state index in [1.807, 2.05) is 0 Å². The molecule has 6 nitrogen and oxygen atoms in total. The summed E-state index contributed by atoms with van der Waals surface area (Å²) in [5.74, 6) is -0.191. The Morgan fingerprint density at radius 1 is 0.968 bits per heavy atom. The Morgan fingerprint density at radius 2 is 1.68 bits per heavy atom. The molecule has 0 heterocycles. The lowest BCUT2D eigenvalue weighted by Crippen LogP contribution is -2.38. The van der Waals surface area contributed by atoms with Crippen LogP contribution in [0.4, 0.5) is 11.4 Å². The van der Waals surface area contributed by atoms with Crippen LogP contribution < -0.4 is 14.4 Å². The number of carbonyl (C=O) groups is 1. The Kier molecular flexibility index (Phi) is 7.43. The molecule has 3 aromatic carbocycles. The number of ether oxygens (including phenoxy) is 1. The van der Waals surface area contributed by atoms with E-state index in [1.165, 1.54) is 24.3 Å². The van der Waals surface area contributed by atoms with Crippen LogP contribution in [0.3, 0.4) is 0 Å². The highest BCUT2D eigenvalue weighted by Gasteiger charge is 2.29. The number of hydrogen-bond acceptors (Lipinski definition) is 4. The number of nitrogens with zero attached hydrogens (tertiary/aromatic N) is 1. The average Bonchev–Trinajstić information content (AvgIpc) is 2.73. The number of para-hydroxylation sites is 2. The van der Waals surface area contributed by atoms with E-state index in [0.717, 1.165) is 4.31 Å². The normalized spacial score (nSPS) is 11.1. The van der Waals surface area contributed by atoms with Gasteiger partial charge in [-0.15, -0.1) is 0 Å². The van der Waals surface area contributed by atoms with Gasteiger partial charge < -0.3 is 10.1 Å². The molecule has 0 unspecified atom stereocenters. The molecule has 0 aliphatic rings. The largest absolute Gasteiger partial charge is 0.492 e. The first kappa shape index (κ1) is 22.9. The molecule has 0 aromatic heterocycles. The number of anilines is 2. The number of amides is 1. The standard InChI is InChI=1S/C22H20Cl2N2O4S/c1-2-30-21-9-4-3-8-20(21)26(31(28,29)19-12-10-16(23)11-13-19)15-22(27)25-18-7-5-6-17(24)14-18/h3-14H,2,15H2,1H3,(H,25,27). The third kappa shape index (κ3) is 5.70. The number of halogens is 2. The van der Waals surface area contributed by atoms with Gasteiger partial charge in [-0.05, 0) is 61.5 Å². The molecule has 1 N–H and O–H groups in total. The molecule has 0 aliphatic carbocycles. The summed E-state index contributed by atoms with van der Waals surface area (Å²) >= 11 is 11.9. The quantitative estimate of drug-likeness (QED) is 0.480. The molecule has 0 fully saturated rings. The van der Waals surface area contributed by atoms with Crippen LogP contribution in [-0.2, 0) is 14.8 Å². The van der Waals surface area contributed by atoms with E-state index in [4.69, 9.17) is 27.9 Å². The van der Waals surface area contributed by atoms with Crippen molar-refractivity contribution >= 4 is 50.5 Å². The van der Waals surface area contributed by atoms with Gasteiger partial charge in [-0.25, -0.2) is 8.42 Å². The summed E-state index contributed by atoms with van der Waals surface area (Å²) < 4.78 is 33.6. The van der Waals surface area contributed by atoms with Crippen molar-refractivity contribution in [3.8, 4) is 5.75 Å². The van der Waals surface area contributed by atoms with Crippen LogP contribution >= 0.6 is 23.2 Å². The second kappa shape index (κ2) is 10.0. The monoisotopic (exact) mass is 478 g/mol. The van der Waals surface area contributed by atoms with Crippen LogP contribution in [0.15, 0.2) is 77.7 Å². The van der Waals surface area contributed by atoms with Crippen molar-refractivity contribution in [2.75, 3.05) is 22.8 Å². The average molecular weight is 479 g/mol. The number of benzene rings is 3. The predicted octanol–water partition coefficient (Wildman–Crippen LogP) is 5.23. The van der Waals surface area contributed by atoms with Crippen LogP contribution in [0.2, 0.25) is 10.0 Å². The Bertz CT molecular complexity index is 1170. The molecule has 31 heavy (non-hydrogen) atoms. The number of hydrogen-bond donors (Lipinski definition) is 1. The van der Waals surface area contributed by atoms with Crippen LogP contribution in [-0.4, -0.2) is 27.5 Å². The van der Waals surface area contributed by atoms with Crippen molar-refractivity contribution in [3.63, 3.8) is 0 Å². The molecule has 0 spiro atoms. The van der Waals surface area contributed by atoms with Crippen molar-refractivity contribution < 1.29 is 17.9 Å². The highest BCUT2D eigenvalue weighted by Crippen LogP contribution is 2.33. The molecule has 0 atom stereocenters. The fourth-order valence-electron chi connectivity index (χ4n) is 2.87. The van der Waals surface area contributed by atoms with Crippen LogP contribution in [0.25, 0.3) is 0 Å². The molecule has 0 radical (unpaired) electrons. The number of rotatable bonds is 8. The van der Waals surface area contributed by atoms with E-state index < -0.39 is 22.5 Å². The summed E-state index contributed by atoms with van der Waals surface area (Å²) in [7, 11) is -4.10. The molecule has 3 aromatic rings. The fraction of sp³-hybridized carbons (Fsp3) is 0.136. The minimum Gasteiger partial charge on any atom is -0.492 e. The molecule has 162 valence electrons. The van der Waals surface area contributed by atoms with E-state index in [-0.39, 0.29) is 10.6 Å². The third-order valence-corrected chi connectivity index (χ3v) is 6.49. The SMILES string of the molecule is CCOc1ccccc1N(CC(=O)Nc1cccc(Cl)c1)S(=O)(=O)c1ccc(Cl)cc1.